The summed E-state index contributed by atoms with van der Waals surface area (Å²) in [4.78, 5) is 0. The van der Waals surface area contributed by atoms with Crippen molar-refractivity contribution in [3.05, 3.63) is 48.0 Å². The molecule has 0 radical (unpaired) electrons. The molecule has 0 aliphatic rings. The molecule has 27 heavy (non-hydrogen) atoms. The first kappa shape index (κ1) is 23.1. The SMILES string of the molecule is CS(=O)(=O)[O-].Cc1n(CCCCc2ccc(NS(C)(=O)=O)cc2)cc[n+]1C. The number of nitrogens with zero attached hydrogens (tertiary/aromatic N) is 2. The van der Waals surface area contributed by atoms with Gasteiger partial charge in [-0.3, -0.25) is 4.72 Å². The Morgan fingerprint density at radius 1 is 1.07 bits per heavy atom. The number of sulfonamides is 1. The zero-order valence-corrected chi connectivity index (χ0v) is 17.7. The molecule has 0 saturated carbocycles. The van der Waals surface area contributed by atoms with Crippen LogP contribution >= 0.6 is 0 Å². The average Bonchev–Trinajstić information content (AvgIpc) is 2.82. The molecule has 1 N–H and O–H groups in total. The van der Waals surface area contributed by atoms with Gasteiger partial charge in [-0.05, 0) is 37.0 Å². The maximum absolute atomic E-state index is 11.1. The van der Waals surface area contributed by atoms with Crippen LogP contribution in [0.5, 0.6) is 0 Å². The van der Waals surface area contributed by atoms with E-state index >= 15 is 0 Å². The molecular weight excluding hydrogens is 390 g/mol. The van der Waals surface area contributed by atoms with Crippen LogP contribution in [-0.2, 0) is 40.2 Å². The average molecular weight is 418 g/mol. The summed E-state index contributed by atoms with van der Waals surface area (Å²) in [6.45, 7) is 3.15. The van der Waals surface area contributed by atoms with Crippen molar-refractivity contribution in [1.29, 1.82) is 0 Å². The van der Waals surface area contributed by atoms with E-state index in [-0.39, 0.29) is 0 Å². The van der Waals surface area contributed by atoms with Crippen LogP contribution in [-0.4, -0.2) is 38.5 Å². The van der Waals surface area contributed by atoms with E-state index in [4.69, 9.17) is 13.0 Å². The molecule has 0 aliphatic carbocycles. The second-order valence-electron chi connectivity index (χ2n) is 6.38. The summed E-state index contributed by atoms with van der Waals surface area (Å²) in [5.41, 5.74) is 1.84. The van der Waals surface area contributed by atoms with Gasteiger partial charge >= 0.3 is 0 Å². The second-order valence-corrected chi connectivity index (χ2v) is 9.54. The maximum Gasteiger partial charge on any atom is 0.253 e. The molecule has 0 bridgehead atoms. The first-order valence-corrected chi connectivity index (χ1v) is 12.0. The third-order valence-electron chi connectivity index (χ3n) is 3.77. The van der Waals surface area contributed by atoms with Gasteiger partial charge in [0.15, 0.2) is 0 Å². The van der Waals surface area contributed by atoms with Gasteiger partial charge in [-0.1, -0.05) is 12.1 Å². The molecule has 1 heterocycles. The van der Waals surface area contributed by atoms with Gasteiger partial charge < -0.3 is 4.55 Å². The van der Waals surface area contributed by atoms with Crippen LogP contribution in [0.4, 0.5) is 5.69 Å². The van der Waals surface area contributed by atoms with Crippen molar-refractivity contribution in [3.63, 3.8) is 0 Å². The standard InChI is InChI=1S/C16H24N3O2S.CH4O3S/c1-14-18(2)12-13-19(14)11-5-4-6-15-7-9-16(10-8-15)17-22(3,20)21;1-5(2,3)4/h7-10,12-13,17H,4-6,11H2,1-3H3;1H3,(H,2,3,4)/q+1;/p-1. The topological polar surface area (TPSA) is 112 Å². The van der Waals surface area contributed by atoms with Crippen molar-refractivity contribution in [3.8, 4) is 0 Å². The number of rotatable bonds is 7. The Hall–Kier alpha value is -1.91. The minimum Gasteiger partial charge on any atom is -0.748 e. The molecule has 0 fully saturated rings. The molecule has 0 spiro atoms. The van der Waals surface area contributed by atoms with Gasteiger partial charge in [0.1, 0.15) is 12.4 Å². The minimum absolute atomic E-state index is 0.604. The number of aromatic nitrogens is 2. The van der Waals surface area contributed by atoms with Gasteiger partial charge in [0.05, 0.1) is 30.0 Å². The Balaban J connectivity index is 0.000000646. The lowest BCUT2D eigenvalue weighted by Gasteiger charge is -2.05. The zero-order valence-electron chi connectivity index (χ0n) is 16.0. The molecule has 0 aliphatic heterocycles. The molecule has 10 heteroatoms. The summed E-state index contributed by atoms with van der Waals surface area (Å²) in [7, 11) is -5.06. The van der Waals surface area contributed by atoms with E-state index in [2.05, 4.69) is 40.2 Å². The Morgan fingerprint density at radius 3 is 2.07 bits per heavy atom. The molecule has 8 nitrogen and oxygen atoms in total. The van der Waals surface area contributed by atoms with Crippen LogP contribution in [0.2, 0.25) is 0 Å². The number of nitrogens with one attached hydrogen (secondary N) is 1. The van der Waals surface area contributed by atoms with Crippen molar-refractivity contribution in [2.45, 2.75) is 32.7 Å². The Bertz CT molecular complexity index is 925. The van der Waals surface area contributed by atoms with Crippen molar-refractivity contribution >= 4 is 25.8 Å². The summed E-state index contributed by atoms with van der Waals surface area (Å²) in [5, 5.41) is 0. The van der Waals surface area contributed by atoms with Crippen molar-refractivity contribution in [1.82, 2.24) is 4.57 Å². The fraction of sp³-hybridized carbons (Fsp3) is 0.471. The smallest absolute Gasteiger partial charge is 0.253 e. The molecule has 152 valence electrons. The molecule has 0 atom stereocenters. The summed E-state index contributed by atoms with van der Waals surface area (Å²) in [6, 6.07) is 7.59. The Kier molecular flexibility index (Phi) is 8.45. The monoisotopic (exact) mass is 417 g/mol. The highest BCUT2D eigenvalue weighted by Crippen LogP contribution is 2.13. The van der Waals surface area contributed by atoms with Gasteiger partial charge in [-0.2, -0.15) is 0 Å². The number of hydrogen-bond acceptors (Lipinski definition) is 5. The van der Waals surface area contributed by atoms with Gasteiger partial charge in [-0.25, -0.2) is 26.0 Å². The van der Waals surface area contributed by atoms with Crippen molar-refractivity contribution < 1.29 is 26.0 Å². The molecule has 2 rings (SSSR count). The number of hydrogen-bond donors (Lipinski definition) is 1. The fourth-order valence-corrected chi connectivity index (χ4v) is 2.96. The van der Waals surface area contributed by atoms with Crippen LogP contribution in [0, 0.1) is 6.92 Å². The summed E-state index contributed by atoms with van der Waals surface area (Å²) in [6.07, 6.45) is 9.19. The van der Waals surface area contributed by atoms with Crippen LogP contribution in [0.1, 0.15) is 24.2 Å². The van der Waals surface area contributed by atoms with E-state index in [9.17, 15) is 8.42 Å². The highest BCUT2D eigenvalue weighted by atomic mass is 32.2. The first-order chi connectivity index (χ1) is 12.3. The van der Waals surface area contributed by atoms with E-state index in [1.807, 2.05) is 24.3 Å². The molecule has 2 aromatic rings. The van der Waals surface area contributed by atoms with Crippen LogP contribution in [0.25, 0.3) is 0 Å². The predicted octanol–water partition coefficient (Wildman–Crippen LogP) is 1.18. The third-order valence-corrected chi connectivity index (χ3v) is 4.37. The lowest BCUT2D eigenvalue weighted by Crippen LogP contribution is -2.29. The largest absolute Gasteiger partial charge is 0.748 e. The molecule has 0 amide bonds. The van der Waals surface area contributed by atoms with E-state index < -0.39 is 20.1 Å². The minimum atomic E-state index is -3.92. The van der Waals surface area contributed by atoms with Crippen molar-refractivity contribution in [2.24, 2.45) is 7.05 Å². The number of aryl methyl sites for hydroxylation is 3. The highest BCUT2D eigenvalue weighted by molar-refractivity contribution is 7.92. The van der Waals surface area contributed by atoms with Gasteiger partial charge in [0.25, 0.3) is 5.82 Å². The quantitative estimate of drug-likeness (QED) is 0.413. The number of imidazole rings is 1. The van der Waals surface area contributed by atoms with Gasteiger partial charge in [-0.15, -0.1) is 0 Å². The number of benzene rings is 1. The Labute approximate surface area is 161 Å². The molecular formula is C17H27N3O5S2. The van der Waals surface area contributed by atoms with Gasteiger partial charge in [0, 0.05) is 18.9 Å². The van der Waals surface area contributed by atoms with Crippen LogP contribution in [0.15, 0.2) is 36.7 Å². The van der Waals surface area contributed by atoms with Gasteiger partial charge in [0.2, 0.25) is 10.0 Å². The first-order valence-electron chi connectivity index (χ1n) is 8.34. The molecule has 0 saturated heterocycles. The van der Waals surface area contributed by atoms with Crippen LogP contribution < -0.4 is 9.29 Å². The normalized spacial score (nSPS) is 11.6. The lowest BCUT2D eigenvalue weighted by atomic mass is 10.1. The Morgan fingerprint density at radius 2 is 1.63 bits per heavy atom. The van der Waals surface area contributed by atoms with E-state index in [1.165, 1.54) is 11.4 Å². The summed E-state index contributed by atoms with van der Waals surface area (Å²) < 4.78 is 56.4. The lowest BCUT2D eigenvalue weighted by molar-refractivity contribution is -0.677. The second kappa shape index (κ2) is 9.86. The molecule has 1 aromatic carbocycles. The maximum atomic E-state index is 11.1. The van der Waals surface area contributed by atoms with E-state index in [1.54, 1.807) is 0 Å². The predicted molar refractivity (Wildman–Crippen MR) is 104 cm³/mol. The summed E-state index contributed by atoms with van der Waals surface area (Å²) >= 11 is 0. The van der Waals surface area contributed by atoms with E-state index in [0.29, 0.717) is 11.9 Å². The third kappa shape index (κ3) is 10.7. The van der Waals surface area contributed by atoms with E-state index in [0.717, 1.165) is 32.1 Å². The highest BCUT2D eigenvalue weighted by Gasteiger charge is 2.07. The van der Waals surface area contributed by atoms with Crippen molar-refractivity contribution in [2.75, 3.05) is 17.2 Å². The summed E-state index contributed by atoms with van der Waals surface area (Å²) in [5.74, 6) is 1.26. The number of unbranched alkanes of at least 4 members (excludes halogenated alkanes) is 1. The molecule has 1 aromatic heterocycles. The molecule has 0 unspecified atom stereocenters. The van der Waals surface area contributed by atoms with Crippen LogP contribution in [0.3, 0.4) is 0 Å². The fourth-order valence-electron chi connectivity index (χ4n) is 2.40. The number of anilines is 1. The zero-order chi connectivity index (χ0) is 20.7.